The Balaban J connectivity index is 2.36. The van der Waals surface area contributed by atoms with Gasteiger partial charge in [-0.25, -0.2) is 13.2 Å². The summed E-state index contributed by atoms with van der Waals surface area (Å²) < 4.78 is 32.1. The number of methoxy groups -OCH3 is 1. The van der Waals surface area contributed by atoms with E-state index < -0.39 is 21.9 Å². The van der Waals surface area contributed by atoms with Crippen LogP contribution in [0, 0.1) is 6.92 Å². The number of benzene rings is 2. The number of rotatable bonds is 5. The average Bonchev–Trinajstić information content (AvgIpc) is 2.54. The van der Waals surface area contributed by atoms with Crippen molar-refractivity contribution < 1.29 is 22.7 Å². The number of hydrogen-bond donors (Lipinski definition) is 2. The van der Waals surface area contributed by atoms with Gasteiger partial charge < -0.3 is 10.5 Å². The van der Waals surface area contributed by atoms with Gasteiger partial charge in [-0.15, -0.1) is 0 Å². The highest BCUT2D eigenvalue weighted by Gasteiger charge is 2.19. The number of aryl methyl sites for hydroxylation is 1. The van der Waals surface area contributed by atoms with Gasteiger partial charge >= 0.3 is 5.97 Å². The molecular weight excluding hydrogens is 332 g/mol. The molecule has 0 fully saturated rings. The molecule has 0 radical (unpaired) electrons. The summed E-state index contributed by atoms with van der Waals surface area (Å²) >= 11 is 0. The van der Waals surface area contributed by atoms with Crippen molar-refractivity contribution in [1.82, 2.24) is 0 Å². The highest BCUT2D eigenvalue weighted by Crippen LogP contribution is 2.21. The molecule has 0 saturated heterocycles. The molecule has 8 heteroatoms. The number of sulfonamides is 1. The Hall–Kier alpha value is -2.87. The zero-order chi connectivity index (χ0) is 17.9. The summed E-state index contributed by atoms with van der Waals surface area (Å²) in [5.41, 5.74) is 6.28. The number of ether oxygens (including phenoxy) is 1. The van der Waals surface area contributed by atoms with Crippen molar-refractivity contribution in [3.05, 3.63) is 59.2 Å². The third-order valence-electron chi connectivity index (χ3n) is 3.32. The standard InChI is InChI=1S/C16H16N2O5S/c1-10-3-4-12(16(20)23-2)9-14(10)24(21,22)18-13-7-5-11(6-8-13)15(17)19/h3-9,18H,1-2H3,(H2,17,19). The molecule has 0 aromatic heterocycles. The molecule has 2 aromatic carbocycles. The van der Waals surface area contributed by atoms with Crippen molar-refractivity contribution in [1.29, 1.82) is 0 Å². The summed E-state index contributed by atoms with van der Waals surface area (Å²) in [6.45, 7) is 1.62. The summed E-state index contributed by atoms with van der Waals surface area (Å²) in [5, 5.41) is 0. The fourth-order valence-electron chi connectivity index (χ4n) is 2.05. The number of nitrogens with one attached hydrogen (secondary N) is 1. The number of carbonyl (C=O) groups excluding carboxylic acids is 2. The summed E-state index contributed by atoms with van der Waals surface area (Å²) in [6.07, 6.45) is 0. The predicted octanol–water partition coefficient (Wildman–Crippen LogP) is 1.68. The third-order valence-corrected chi connectivity index (χ3v) is 4.84. The second-order valence-corrected chi connectivity index (χ2v) is 6.67. The number of primary amides is 1. The molecule has 2 aromatic rings. The highest BCUT2D eigenvalue weighted by molar-refractivity contribution is 7.92. The van der Waals surface area contributed by atoms with E-state index in [2.05, 4.69) is 9.46 Å². The van der Waals surface area contributed by atoms with Crippen LogP contribution in [0.4, 0.5) is 5.69 Å². The van der Waals surface area contributed by atoms with Crippen molar-refractivity contribution in [3.63, 3.8) is 0 Å². The van der Waals surface area contributed by atoms with Gasteiger partial charge in [-0.05, 0) is 48.9 Å². The summed E-state index contributed by atoms with van der Waals surface area (Å²) in [5.74, 6) is -1.23. The molecule has 0 heterocycles. The number of anilines is 1. The lowest BCUT2D eigenvalue weighted by Crippen LogP contribution is -2.16. The first-order chi connectivity index (χ1) is 11.2. The van der Waals surface area contributed by atoms with Crippen molar-refractivity contribution in [2.75, 3.05) is 11.8 Å². The van der Waals surface area contributed by atoms with Crippen LogP contribution in [0.5, 0.6) is 0 Å². The van der Waals surface area contributed by atoms with Crippen LogP contribution in [0.3, 0.4) is 0 Å². The van der Waals surface area contributed by atoms with Gasteiger partial charge in [0.25, 0.3) is 10.0 Å². The van der Waals surface area contributed by atoms with Crippen LogP contribution in [0.25, 0.3) is 0 Å². The second kappa shape index (κ2) is 6.71. The first kappa shape index (κ1) is 17.5. The van der Waals surface area contributed by atoms with E-state index in [1.54, 1.807) is 6.92 Å². The Kier molecular flexibility index (Phi) is 4.89. The fraction of sp³-hybridized carbons (Fsp3) is 0.125. The minimum Gasteiger partial charge on any atom is -0.465 e. The van der Waals surface area contributed by atoms with Crippen LogP contribution >= 0.6 is 0 Å². The quantitative estimate of drug-likeness (QED) is 0.798. The van der Waals surface area contributed by atoms with E-state index in [9.17, 15) is 18.0 Å². The van der Waals surface area contributed by atoms with E-state index in [0.29, 0.717) is 5.56 Å². The summed E-state index contributed by atoms with van der Waals surface area (Å²) in [7, 11) is -2.70. The molecule has 0 aliphatic carbocycles. The zero-order valence-electron chi connectivity index (χ0n) is 13.1. The smallest absolute Gasteiger partial charge is 0.337 e. The third kappa shape index (κ3) is 3.72. The molecule has 0 aliphatic heterocycles. The number of hydrogen-bond acceptors (Lipinski definition) is 5. The van der Waals surface area contributed by atoms with E-state index in [0.717, 1.165) is 0 Å². The van der Waals surface area contributed by atoms with Crippen LogP contribution in [0.2, 0.25) is 0 Å². The highest BCUT2D eigenvalue weighted by atomic mass is 32.2. The number of carbonyl (C=O) groups is 2. The SMILES string of the molecule is COC(=O)c1ccc(C)c(S(=O)(=O)Nc2ccc(C(N)=O)cc2)c1. The van der Waals surface area contributed by atoms with Gasteiger partial charge in [0.1, 0.15) is 0 Å². The minimum absolute atomic E-state index is 0.0376. The molecule has 7 nitrogen and oxygen atoms in total. The maximum Gasteiger partial charge on any atom is 0.337 e. The molecule has 3 N–H and O–H groups in total. The Morgan fingerprint density at radius 1 is 1.04 bits per heavy atom. The molecule has 0 spiro atoms. The van der Waals surface area contributed by atoms with Gasteiger partial charge in [-0.1, -0.05) is 6.07 Å². The topological polar surface area (TPSA) is 116 Å². The molecule has 1 amide bonds. The van der Waals surface area contributed by atoms with Crippen molar-refractivity contribution in [3.8, 4) is 0 Å². The average molecular weight is 348 g/mol. The van der Waals surface area contributed by atoms with Gasteiger partial charge in [-0.2, -0.15) is 0 Å². The lowest BCUT2D eigenvalue weighted by molar-refractivity contribution is 0.0600. The van der Waals surface area contributed by atoms with Gasteiger partial charge in [0.05, 0.1) is 17.6 Å². The predicted molar refractivity (Wildman–Crippen MR) is 88.3 cm³/mol. The van der Waals surface area contributed by atoms with Crippen LogP contribution in [-0.4, -0.2) is 27.4 Å². The van der Waals surface area contributed by atoms with Crippen LogP contribution < -0.4 is 10.5 Å². The van der Waals surface area contributed by atoms with E-state index >= 15 is 0 Å². The Morgan fingerprint density at radius 3 is 2.17 bits per heavy atom. The maximum atomic E-state index is 12.5. The van der Waals surface area contributed by atoms with E-state index in [1.165, 1.54) is 49.6 Å². The van der Waals surface area contributed by atoms with Gasteiger partial charge in [0, 0.05) is 11.3 Å². The lowest BCUT2D eigenvalue weighted by atomic mass is 10.1. The number of esters is 1. The van der Waals surface area contributed by atoms with Crippen LogP contribution in [0.15, 0.2) is 47.4 Å². The summed E-state index contributed by atoms with van der Waals surface area (Å²) in [6, 6.07) is 9.95. The lowest BCUT2D eigenvalue weighted by Gasteiger charge is -2.12. The van der Waals surface area contributed by atoms with E-state index in [1.807, 2.05) is 0 Å². The monoisotopic (exact) mass is 348 g/mol. The molecule has 0 bridgehead atoms. The first-order valence-corrected chi connectivity index (χ1v) is 8.34. The fourth-order valence-corrected chi connectivity index (χ4v) is 3.38. The zero-order valence-corrected chi connectivity index (χ0v) is 13.9. The van der Waals surface area contributed by atoms with Crippen LogP contribution in [0.1, 0.15) is 26.3 Å². The molecule has 0 unspecified atom stereocenters. The number of nitrogens with two attached hydrogens (primary N) is 1. The Bertz CT molecular complexity index is 889. The molecule has 0 saturated carbocycles. The molecule has 0 aliphatic rings. The summed E-state index contributed by atoms with van der Waals surface area (Å²) in [4.78, 5) is 22.6. The minimum atomic E-state index is -3.92. The molecule has 126 valence electrons. The molecule has 2 rings (SSSR count). The van der Waals surface area contributed by atoms with E-state index in [-0.39, 0.29) is 21.7 Å². The maximum absolute atomic E-state index is 12.5. The first-order valence-electron chi connectivity index (χ1n) is 6.86. The number of amides is 1. The van der Waals surface area contributed by atoms with Gasteiger partial charge in [0.2, 0.25) is 5.91 Å². The normalized spacial score (nSPS) is 10.9. The molecule has 24 heavy (non-hydrogen) atoms. The van der Waals surface area contributed by atoms with E-state index in [4.69, 9.17) is 5.73 Å². The van der Waals surface area contributed by atoms with Gasteiger partial charge in [0.15, 0.2) is 0 Å². The second-order valence-electron chi connectivity index (χ2n) is 5.02. The van der Waals surface area contributed by atoms with Crippen molar-refractivity contribution in [2.45, 2.75) is 11.8 Å². The van der Waals surface area contributed by atoms with Crippen molar-refractivity contribution >= 4 is 27.6 Å². The Labute approximate surface area is 139 Å². The van der Waals surface area contributed by atoms with Crippen molar-refractivity contribution in [2.24, 2.45) is 5.73 Å². The van der Waals surface area contributed by atoms with Gasteiger partial charge in [-0.3, -0.25) is 9.52 Å². The van der Waals surface area contributed by atoms with Crippen LogP contribution in [-0.2, 0) is 14.8 Å². The largest absolute Gasteiger partial charge is 0.465 e. The Morgan fingerprint density at radius 2 is 1.62 bits per heavy atom. The molecule has 0 atom stereocenters. The molecular formula is C16H16N2O5S.